The summed E-state index contributed by atoms with van der Waals surface area (Å²) in [5, 5.41) is -1.03. The van der Waals surface area contributed by atoms with Crippen LogP contribution in [0.5, 0.6) is 0 Å². The number of rotatable bonds is 2. The quantitative estimate of drug-likeness (QED) is 0.577. The zero-order chi connectivity index (χ0) is 10.1. The summed E-state index contributed by atoms with van der Waals surface area (Å²) >= 11 is 11.3. The highest BCUT2D eigenvalue weighted by atomic mass is 35.5. The first-order valence-electron chi connectivity index (χ1n) is 3.31. The van der Waals surface area contributed by atoms with E-state index in [-0.39, 0.29) is 6.42 Å². The summed E-state index contributed by atoms with van der Waals surface area (Å²) in [7, 11) is -4.57. The van der Waals surface area contributed by atoms with Gasteiger partial charge in [-0.05, 0) is 12.2 Å². The van der Waals surface area contributed by atoms with Crippen molar-refractivity contribution in [3.63, 3.8) is 0 Å². The molecule has 0 amide bonds. The zero-order valence-corrected chi connectivity index (χ0v) is 8.76. The minimum Gasteiger partial charge on any atom is -0.303 e. The minimum atomic E-state index is -4.57. The molecule has 1 aliphatic carbocycles. The second kappa shape index (κ2) is 3.73. The van der Waals surface area contributed by atoms with Crippen LogP contribution in [-0.4, -0.2) is 14.8 Å². The fraction of sp³-hybridized carbons (Fsp3) is 0.333. The van der Waals surface area contributed by atoms with Gasteiger partial charge in [0.2, 0.25) is 0 Å². The predicted molar refractivity (Wildman–Crippen MR) is 49.4 cm³/mol. The first kappa shape index (κ1) is 11.2. The second-order valence-corrected chi connectivity index (χ2v) is 4.73. The number of halogens is 2. The normalized spacial score (nSPS) is 28.8. The van der Waals surface area contributed by atoms with Gasteiger partial charge in [-0.3, -0.25) is 4.52 Å². The lowest BCUT2D eigenvalue weighted by atomic mass is 10.1. The summed E-state index contributed by atoms with van der Waals surface area (Å²) in [5.41, 5.74) is 0. The third kappa shape index (κ3) is 3.81. The van der Waals surface area contributed by atoms with E-state index in [0.29, 0.717) is 5.03 Å². The smallest absolute Gasteiger partial charge is 0.303 e. The Bertz CT molecular complexity index is 308. The molecule has 1 aliphatic rings. The maximum Gasteiger partial charge on any atom is 0.471 e. The van der Waals surface area contributed by atoms with Gasteiger partial charge in [-0.1, -0.05) is 29.3 Å². The molecule has 0 aliphatic heterocycles. The van der Waals surface area contributed by atoms with E-state index >= 15 is 0 Å². The summed E-state index contributed by atoms with van der Waals surface area (Å²) < 4.78 is 14.8. The molecule has 0 saturated carbocycles. The average Bonchev–Trinajstić information content (AvgIpc) is 1.92. The number of phosphoric ester groups is 1. The van der Waals surface area contributed by atoms with Gasteiger partial charge in [-0.25, -0.2) is 4.57 Å². The van der Waals surface area contributed by atoms with Crippen molar-refractivity contribution in [1.29, 1.82) is 0 Å². The fourth-order valence-electron chi connectivity index (χ4n) is 0.842. The molecule has 0 bridgehead atoms. The predicted octanol–water partition coefficient (Wildman–Crippen LogP) is 2.11. The number of hydrogen-bond acceptors (Lipinski definition) is 2. The van der Waals surface area contributed by atoms with Crippen molar-refractivity contribution >= 4 is 31.0 Å². The monoisotopic (exact) mass is 244 g/mol. The van der Waals surface area contributed by atoms with Crippen LogP contribution < -0.4 is 0 Å². The Kier molecular flexibility index (Phi) is 3.23. The lowest BCUT2D eigenvalue weighted by molar-refractivity contribution is 0.136. The summed E-state index contributed by atoms with van der Waals surface area (Å²) in [6.45, 7) is 0. The molecule has 7 heteroatoms. The Morgan fingerprint density at radius 1 is 1.62 bits per heavy atom. The summed E-state index contributed by atoms with van der Waals surface area (Å²) in [4.78, 5) is 17.0. The molecule has 2 N–H and O–H groups in total. The fourth-order valence-corrected chi connectivity index (χ4v) is 1.92. The lowest BCUT2D eigenvalue weighted by Gasteiger charge is -2.24. The van der Waals surface area contributed by atoms with Gasteiger partial charge in [-0.15, -0.1) is 0 Å². The number of allylic oxidation sites excluding steroid dienone is 2. The second-order valence-electron chi connectivity index (χ2n) is 2.49. The Morgan fingerprint density at radius 3 is 2.62 bits per heavy atom. The van der Waals surface area contributed by atoms with E-state index in [9.17, 15) is 4.57 Å². The van der Waals surface area contributed by atoms with Crippen LogP contribution in [0.4, 0.5) is 0 Å². The zero-order valence-electron chi connectivity index (χ0n) is 6.35. The Hall–Kier alpha value is 0.170. The van der Waals surface area contributed by atoms with Crippen molar-refractivity contribution in [2.24, 2.45) is 0 Å². The first-order valence-corrected chi connectivity index (χ1v) is 5.59. The van der Waals surface area contributed by atoms with Gasteiger partial charge < -0.3 is 9.79 Å². The molecule has 0 radical (unpaired) electrons. The molecule has 0 saturated heterocycles. The minimum absolute atomic E-state index is 0.120. The van der Waals surface area contributed by atoms with Gasteiger partial charge in [0, 0.05) is 11.5 Å². The molecule has 0 fully saturated rings. The van der Waals surface area contributed by atoms with Crippen molar-refractivity contribution < 1.29 is 18.9 Å². The SMILES string of the molecule is O=P(O)(O)OC1(Cl)C=CC(Cl)=CC1. The largest absolute Gasteiger partial charge is 0.471 e. The topological polar surface area (TPSA) is 66.8 Å². The molecule has 74 valence electrons. The van der Waals surface area contributed by atoms with Crippen molar-refractivity contribution in [3.05, 3.63) is 23.3 Å². The summed E-state index contributed by atoms with van der Waals surface area (Å²) in [5.74, 6) is 0. The molecule has 0 aromatic heterocycles. The molecular formula is C6H7Cl2O4P. The number of alkyl halides is 1. The first-order chi connectivity index (χ1) is 5.81. The molecule has 0 aromatic carbocycles. The Balaban J connectivity index is 2.72. The van der Waals surface area contributed by atoms with E-state index in [1.54, 1.807) is 0 Å². The molecule has 1 atom stereocenters. The molecular weight excluding hydrogens is 238 g/mol. The molecule has 1 rings (SSSR count). The van der Waals surface area contributed by atoms with Gasteiger partial charge in [0.1, 0.15) is 0 Å². The molecule has 0 spiro atoms. The third-order valence-electron chi connectivity index (χ3n) is 1.34. The summed E-state index contributed by atoms with van der Waals surface area (Å²) in [6, 6.07) is 0. The van der Waals surface area contributed by atoms with E-state index < -0.39 is 12.9 Å². The molecule has 13 heavy (non-hydrogen) atoms. The van der Waals surface area contributed by atoms with Crippen LogP contribution in [0.25, 0.3) is 0 Å². The standard InChI is InChI=1S/C6H7Cl2O4P/c7-5-1-3-6(8,4-2-5)12-13(9,10)11/h1-3H,4H2,(H2,9,10,11). The van der Waals surface area contributed by atoms with Crippen molar-refractivity contribution in [3.8, 4) is 0 Å². The molecule has 0 aromatic rings. The van der Waals surface area contributed by atoms with Crippen LogP contribution in [0.2, 0.25) is 0 Å². The van der Waals surface area contributed by atoms with E-state index in [2.05, 4.69) is 4.52 Å². The van der Waals surface area contributed by atoms with Crippen LogP contribution in [-0.2, 0) is 9.09 Å². The van der Waals surface area contributed by atoms with E-state index in [0.717, 1.165) is 0 Å². The van der Waals surface area contributed by atoms with Gasteiger partial charge in [-0.2, -0.15) is 0 Å². The van der Waals surface area contributed by atoms with Crippen molar-refractivity contribution in [1.82, 2.24) is 0 Å². The highest BCUT2D eigenvalue weighted by Crippen LogP contribution is 2.46. The highest BCUT2D eigenvalue weighted by Gasteiger charge is 2.34. The maximum absolute atomic E-state index is 10.5. The van der Waals surface area contributed by atoms with Gasteiger partial charge >= 0.3 is 7.82 Å². The van der Waals surface area contributed by atoms with Crippen LogP contribution in [0.3, 0.4) is 0 Å². The van der Waals surface area contributed by atoms with Crippen molar-refractivity contribution in [2.75, 3.05) is 0 Å². The number of phosphoric acid groups is 1. The Morgan fingerprint density at radius 2 is 2.23 bits per heavy atom. The van der Waals surface area contributed by atoms with Crippen molar-refractivity contribution in [2.45, 2.75) is 11.5 Å². The van der Waals surface area contributed by atoms with Crippen LogP contribution >= 0.6 is 31.0 Å². The lowest BCUT2D eigenvalue weighted by Crippen LogP contribution is -2.22. The maximum atomic E-state index is 10.5. The van der Waals surface area contributed by atoms with E-state index in [1.807, 2.05) is 0 Å². The van der Waals surface area contributed by atoms with Gasteiger partial charge in [0.05, 0.1) is 0 Å². The van der Waals surface area contributed by atoms with Crippen LogP contribution in [0, 0.1) is 0 Å². The molecule has 0 heterocycles. The third-order valence-corrected chi connectivity index (χ3v) is 2.65. The van der Waals surface area contributed by atoms with E-state index in [4.69, 9.17) is 33.0 Å². The molecule has 1 unspecified atom stereocenters. The van der Waals surface area contributed by atoms with Crippen LogP contribution in [0.1, 0.15) is 6.42 Å². The average molecular weight is 245 g/mol. The summed E-state index contributed by atoms with van der Waals surface area (Å²) in [6.07, 6.45) is 4.36. The highest BCUT2D eigenvalue weighted by molar-refractivity contribution is 7.46. The molecule has 4 nitrogen and oxygen atoms in total. The Labute approximate surface area is 85.0 Å². The van der Waals surface area contributed by atoms with E-state index in [1.165, 1.54) is 18.2 Å². The van der Waals surface area contributed by atoms with Gasteiger partial charge in [0.15, 0.2) is 5.06 Å². The van der Waals surface area contributed by atoms with Crippen LogP contribution in [0.15, 0.2) is 23.3 Å². The van der Waals surface area contributed by atoms with Gasteiger partial charge in [0.25, 0.3) is 0 Å². The number of hydrogen-bond donors (Lipinski definition) is 2.